The number of hydrogen-bond acceptors (Lipinski definition) is 4. The minimum atomic E-state index is -0.183. The molecule has 2 aliphatic rings. The highest BCUT2D eigenvalue weighted by Crippen LogP contribution is 2.44. The van der Waals surface area contributed by atoms with Gasteiger partial charge >= 0.3 is 0 Å². The van der Waals surface area contributed by atoms with Crippen LogP contribution in [0.2, 0.25) is 0 Å². The highest BCUT2D eigenvalue weighted by molar-refractivity contribution is 5.94. The largest absolute Gasteiger partial charge is 0.487 e. The number of carbonyl (C=O) groups is 1. The Balaban J connectivity index is 1.60. The molecule has 1 saturated heterocycles. The van der Waals surface area contributed by atoms with Crippen LogP contribution in [0, 0.1) is 0 Å². The van der Waals surface area contributed by atoms with Crippen molar-refractivity contribution in [3.8, 4) is 5.75 Å². The predicted octanol–water partition coefficient (Wildman–Crippen LogP) is 2.80. The number of amides is 1. The first-order valence-corrected chi connectivity index (χ1v) is 8.83. The first-order chi connectivity index (χ1) is 12.2. The second-order valence-corrected chi connectivity index (χ2v) is 7.09. The van der Waals surface area contributed by atoms with Crippen molar-refractivity contribution in [2.75, 3.05) is 20.1 Å². The van der Waals surface area contributed by atoms with Gasteiger partial charge < -0.3 is 15.0 Å². The van der Waals surface area contributed by atoms with Gasteiger partial charge in [0, 0.05) is 43.0 Å². The van der Waals surface area contributed by atoms with Crippen molar-refractivity contribution < 1.29 is 9.53 Å². The van der Waals surface area contributed by atoms with Crippen LogP contribution in [0.5, 0.6) is 5.75 Å². The summed E-state index contributed by atoms with van der Waals surface area (Å²) in [5.74, 6) is 0.838. The quantitative estimate of drug-likeness (QED) is 0.915. The molecular weight excluding hydrogens is 314 g/mol. The highest BCUT2D eigenvalue weighted by Gasteiger charge is 2.43. The Hall–Kier alpha value is -2.40. The molecule has 25 heavy (non-hydrogen) atoms. The van der Waals surface area contributed by atoms with Gasteiger partial charge in [0.2, 0.25) is 0 Å². The molecule has 1 N–H and O–H groups in total. The second kappa shape index (κ2) is 6.48. The number of likely N-dealkylation sites (tertiary alicyclic amines) is 1. The van der Waals surface area contributed by atoms with Crippen molar-refractivity contribution in [2.24, 2.45) is 0 Å². The van der Waals surface area contributed by atoms with E-state index in [1.807, 2.05) is 18.2 Å². The lowest BCUT2D eigenvalue weighted by Gasteiger charge is -2.46. The summed E-state index contributed by atoms with van der Waals surface area (Å²) in [6.45, 7) is 2.04. The fraction of sp³-hybridized carbons (Fsp3) is 0.400. The van der Waals surface area contributed by atoms with Crippen LogP contribution < -0.4 is 10.1 Å². The topological polar surface area (TPSA) is 54.5 Å². The van der Waals surface area contributed by atoms with Crippen molar-refractivity contribution >= 4 is 5.91 Å². The van der Waals surface area contributed by atoms with Crippen LogP contribution in [-0.2, 0) is 0 Å². The van der Waals surface area contributed by atoms with Gasteiger partial charge in [-0.1, -0.05) is 18.2 Å². The molecule has 2 aromatic rings. The number of pyridine rings is 1. The smallest absolute Gasteiger partial charge is 0.251 e. The van der Waals surface area contributed by atoms with Crippen molar-refractivity contribution in [3.05, 3.63) is 59.9 Å². The van der Waals surface area contributed by atoms with E-state index < -0.39 is 0 Å². The maximum absolute atomic E-state index is 12.7. The lowest BCUT2D eigenvalue weighted by Crippen LogP contribution is -2.51. The Bertz CT molecular complexity index is 755. The Morgan fingerprint density at radius 3 is 2.68 bits per heavy atom. The number of para-hydroxylation sites is 1. The highest BCUT2D eigenvalue weighted by atomic mass is 16.5. The van der Waals surface area contributed by atoms with E-state index in [0.717, 1.165) is 43.7 Å². The van der Waals surface area contributed by atoms with Gasteiger partial charge in [0.05, 0.1) is 6.04 Å². The van der Waals surface area contributed by atoms with Crippen LogP contribution in [0.3, 0.4) is 0 Å². The second-order valence-electron chi connectivity index (χ2n) is 7.09. The van der Waals surface area contributed by atoms with Gasteiger partial charge in [-0.3, -0.25) is 9.78 Å². The molecule has 4 rings (SSSR count). The molecule has 1 aromatic heterocycles. The van der Waals surface area contributed by atoms with Crippen molar-refractivity contribution in [3.63, 3.8) is 0 Å². The zero-order valence-electron chi connectivity index (χ0n) is 14.4. The number of nitrogens with one attached hydrogen (secondary N) is 1. The van der Waals surface area contributed by atoms with Gasteiger partial charge in [-0.15, -0.1) is 0 Å². The summed E-state index contributed by atoms with van der Waals surface area (Å²) in [5.41, 5.74) is 1.52. The lowest BCUT2D eigenvalue weighted by atomic mass is 9.80. The minimum absolute atomic E-state index is 0.0333. The fourth-order valence-electron chi connectivity index (χ4n) is 3.82. The van der Waals surface area contributed by atoms with Gasteiger partial charge in [-0.25, -0.2) is 0 Å². The van der Waals surface area contributed by atoms with Gasteiger partial charge in [0.15, 0.2) is 0 Å². The molecule has 0 radical (unpaired) electrons. The Labute approximate surface area is 148 Å². The summed E-state index contributed by atoms with van der Waals surface area (Å²) < 4.78 is 6.44. The molecule has 0 bridgehead atoms. The van der Waals surface area contributed by atoms with E-state index >= 15 is 0 Å². The molecule has 1 amide bonds. The van der Waals surface area contributed by atoms with E-state index in [1.165, 1.54) is 0 Å². The number of benzene rings is 1. The van der Waals surface area contributed by atoms with Crippen LogP contribution in [0.25, 0.3) is 0 Å². The van der Waals surface area contributed by atoms with Crippen LogP contribution in [0.1, 0.15) is 41.2 Å². The predicted molar refractivity (Wildman–Crippen MR) is 95.6 cm³/mol. The number of carbonyl (C=O) groups excluding carboxylic acids is 1. The van der Waals surface area contributed by atoms with Crippen LogP contribution in [-0.4, -0.2) is 41.5 Å². The molecule has 1 spiro atoms. The fourth-order valence-corrected chi connectivity index (χ4v) is 3.82. The normalized spacial score (nSPS) is 22.0. The van der Waals surface area contributed by atoms with Crippen molar-refractivity contribution in [1.29, 1.82) is 0 Å². The summed E-state index contributed by atoms with van der Waals surface area (Å²) in [5, 5.41) is 3.21. The third-order valence-corrected chi connectivity index (χ3v) is 5.34. The van der Waals surface area contributed by atoms with E-state index in [4.69, 9.17) is 4.74 Å². The third kappa shape index (κ3) is 3.24. The van der Waals surface area contributed by atoms with Crippen molar-refractivity contribution in [1.82, 2.24) is 15.2 Å². The molecule has 5 heteroatoms. The van der Waals surface area contributed by atoms with E-state index in [1.54, 1.807) is 24.5 Å². The van der Waals surface area contributed by atoms with Gasteiger partial charge in [-0.05, 0) is 38.1 Å². The van der Waals surface area contributed by atoms with E-state index in [9.17, 15) is 4.79 Å². The zero-order chi connectivity index (χ0) is 17.3. The SMILES string of the molecule is CN1CCC2(CC1)C[C@@H](NC(=O)c1ccncc1)c1ccccc1O2. The van der Waals surface area contributed by atoms with E-state index in [2.05, 4.69) is 28.3 Å². The number of fused-ring (bicyclic) bond motifs is 1. The van der Waals surface area contributed by atoms with Crippen LogP contribution in [0.4, 0.5) is 0 Å². The molecule has 5 nitrogen and oxygen atoms in total. The first-order valence-electron chi connectivity index (χ1n) is 8.83. The molecule has 0 aliphatic carbocycles. The summed E-state index contributed by atoms with van der Waals surface area (Å²) in [6.07, 6.45) is 6.07. The number of aromatic nitrogens is 1. The van der Waals surface area contributed by atoms with Gasteiger partial charge in [0.1, 0.15) is 11.4 Å². The molecule has 3 heterocycles. The molecule has 0 unspecified atom stereocenters. The summed E-state index contributed by atoms with van der Waals surface area (Å²) in [7, 11) is 2.15. The average Bonchev–Trinajstić information content (AvgIpc) is 2.65. The molecule has 2 aliphatic heterocycles. The van der Waals surface area contributed by atoms with Crippen LogP contribution in [0.15, 0.2) is 48.8 Å². The average molecular weight is 337 g/mol. The van der Waals surface area contributed by atoms with Crippen molar-refractivity contribution in [2.45, 2.75) is 30.9 Å². The molecule has 1 fully saturated rings. The van der Waals surface area contributed by atoms with Gasteiger partial charge in [-0.2, -0.15) is 0 Å². The number of rotatable bonds is 2. The monoisotopic (exact) mass is 337 g/mol. The third-order valence-electron chi connectivity index (χ3n) is 5.34. The standard InChI is InChI=1S/C20H23N3O2/c1-23-12-8-20(9-13-23)14-17(16-4-2-3-5-18(16)25-20)22-19(24)15-6-10-21-11-7-15/h2-7,10-11,17H,8-9,12-14H2,1H3,(H,22,24)/t17-/m1/s1. The first kappa shape index (κ1) is 16.1. The maximum atomic E-state index is 12.7. The lowest BCUT2D eigenvalue weighted by molar-refractivity contribution is -0.0195. The minimum Gasteiger partial charge on any atom is -0.487 e. The molecule has 1 atom stereocenters. The Morgan fingerprint density at radius 1 is 1.20 bits per heavy atom. The van der Waals surface area contributed by atoms with Gasteiger partial charge in [0.25, 0.3) is 5.91 Å². The van der Waals surface area contributed by atoms with E-state index in [0.29, 0.717) is 5.56 Å². The molecular formula is C20H23N3O2. The number of piperidine rings is 1. The number of ether oxygens (including phenoxy) is 1. The Kier molecular flexibility index (Phi) is 4.17. The number of nitrogens with zero attached hydrogens (tertiary/aromatic N) is 2. The number of hydrogen-bond donors (Lipinski definition) is 1. The summed E-state index contributed by atoms with van der Waals surface area (Å²) >= 11 is 0. The maximum Gasteiger partial charge on any atom is 0.251 e. The molecule has 130 valence electrons. The Morgan fingerprint density at radius 2 is 1.92 bits per heavy atom. The van der Waals surface area contributed by atoms with E-state index in [-0.39, 0.29) is 17.6 Å². The molecule has 1 aromatic carbocycles. The summed E-state index contributed by atoms with van der Waals surface area (Å²) in [4.78, 5) is 19.0. The van der Waals surface area contributed by atoms with Crippen LogP contribution >= 0.6 is 0 Å². The zero-order valence-corrected chi connectivity index (χ0v) is 14.4. The summed E-state index contributed by atoms with van der Waals surface area (Å²) in [6, 6.07) is 11.5. The molecule has 0 saturated carbocycles.